The Hall–Kier alpha value is -1.26. The number of nitrogens with zero attached hydrogens (tertiary/aromatic N) is 1. The van der Waals surface area contributed by atoms with E-state index in [1.807, 2.05) is 20.8 Å². The summed E-state index contributed by atoms with van der Waals surface area (Å²) in [4.78, 5) is 24.8. The number of carbonyl (C=O) groups is 2. The van der Waals surface area contributed by atoms with Crippen LogP contribution in [0.25, 0.3) is 0 Å². The monoisotopic (exact) mass is 256 g/mol. The van der Waals surface area contributed by atoms with E-state index in [4.69, 9.17) is 5.11 Å². The minimum absolute atomic E-state index is 0.0886. The predicted molar refractivity (Wildman–Crippen MR) is 69.5 cm³/mol. The molecule has 0 saturated carbocycles. The number of nitrogens with one attached hydrogen (secondary N) is 1. The lowest BCUT2D eigenvalue weighted by Gasteiger charge is -2.38. The molecule has 0 radical (unpaired) electrons. The van der Waals surface area contributed by atoms with E-state index >= 15 is 0 Å². The van der Waals surface area contributed by atoms with Gasteiger partial charge in [-0.3, -0.25) is 4.79 Å². The normalized spacial score (nSPS) is 19.4. The van der Waals surface area contributed by atoms with Gasteiger partial charge in [0.15, 0.2) is 0 Å². The lowest BCUT2D eigenvalue weighted by atomic mass is 9.80. The Morgan fingerprint density at radius 2 is 1.83 bits per heavy atom. The summed E-state index contributed by atoms with van der Waals surface area (Å²) < 4.78 is 0. The second kappa shape index (κ2) is 5.16. The molecule has 0 atom stereocenters. The quantitative estimate of drug-likeness (QED) is 0.812. The van der Waals surface area contributed by atoms with Gasteiger partial charge in [-0.1, -0.05) is 6.92 Å². The first-order valence-corrected chi connectivity index (χ1v) is 6.51. The van der Waals surface area contributed by atoms with Crippen LogP contribution in [0.15, 0.2) is 0 Å². The van der Waals surface area contributed by atoms with Gasteiger partial charge in [0.2, 0.25) is 0 Å². The molecule has 2 N–H and O–H groups in total. The molecule has 0 bridgehead atoms. The van der Waals surface area contributed by atoms with E-state index in [0.29, 0.717) is 25.9 Å². The lowest BCUT2D eigenvalue weighted by molar-refractivity contribution is -0.150. The molecule has 0 aromatic heterocycles. The number of hydrogen-bond donors (Lipinski definition) is 2. The van der Waals surface area contributed by atoms with E-state index in [1.165, 1.54) is 0 Å². The summed E-state index contributed by atoms with van der Waals surface area (Å²) >= 11 is 0. The van der Waals surface area contributed by atoms with Crippen molar-refractivity contribution in [3.05, 3.63) is 0 Å². The standard InChI is InChI=1S/C13H24N2O3/c1-5-12(2,3)14-11(18)15-8-6-13(4,7-9-15)10(16)17/h5-9H2,1-4H3,(H,14,18)(H,16,17). The smallest absolute Gasteiger partial charge is 0.317 e. The SMILES string of the molecule is CCC(C)(C)NC(=O)N1CCC(C)(C(=O)O)CC1. The van der Waals surface area contributed by atoms with Crippen LogP contribution in [0, 0.1) is 5.41 Å². The van der Waals surface area contributed by atoms with Crippen LogP contribution in [0.1, 0.15) is 47.0 Å². The highest BCUT2D eigenvalue weighted by atomic mass is 16.4. The molecule has 5 nitrogen and oxygen atoms in total. The van der Waals surface area contributed by atoms with E-state index in [9.17, 15) is 9.59 Å². The fraction of sp³-hybridized carbons (Fsp3) is 0.846. The zero-order valence-corrected chi connectivity index (χ0v) is 11.7. The molecule has 18 heavy (non-hydrogen) atoms. The van der Waals surface area contributed by atoms with Crippen LogP contribution in [0.2, 0.25) is 0 Å². The van der Waals surface area contributed by atoms with Crippen molar-refractivity contribution in [2.45, 2.75) is 52.5 Å². The van der Waals surface area contributed by atoms with Crippen LogP contribution in [-0.4, -0.2) is 40.6 Å². The molecule has 0 aliphatic carbocycles. The Morgan fingerprint density at radius 3 is 2.22 bits per heavy atom. The highest BCUT2D eigenvalue weighted by Gasteiger charge is 2.38. The molecule has 0 aromatic rings. The van der Waals surface area contributed by atoms with E-state index in [1.54, 1.807) is 11.8 Å². The van der Waals surface area contributed by atoms with Gasteiger partial charge in [-0.25, -0.2) is 4.79 Å². The average molecular weight is 256 g/mol. The van der Waals surface area contributed by atoms with Crippen molar-refractivity contribution in [1.29, 1.82) is 0 Å². The van der Waals surface area contributed by atoms with E-state index in [-0.39, 0.29) is 11.6 Å². The number of amides is 2. The number of aliphatic carboxylic acids is 1. The number of likely N-dealkylation sites (tertiary alicyclic amines) is 1. The summed E-state index contributed by atoms with van der Waals surface area (Å²) in [5, 5.41) is 12.1. The van der Waals surface area contributed by atoms with Crippen molar-refractivity contribution >= 4 is 12.0 Å². The second-order valence-corrected chi connectivity index (χ2v) is 6.02. The van der Waals surface area contributed by atoms with Gasteiger partial charge in [0.1, 0.15) is 0 Å². The van der Waals surface area contributed by atoms with Crippen LogP contribution >= 0.6 is 0 Å². The third-order valence-corrected chi connectivity index (χ3v) is 4.00. The van der Waals surface area contributed by atoms with Crippen molar-refractivity contribution in [2.24, 2.45) is 5.41 Å². The van der Waals surface area contributed by atoms with Gasteiger partial charge in [-0.05, 0) is 40.0 Å². The van der Waals surface area contributed by atoms with Gasteiger partial charge >= 0.3 is 12.0 Å². The molecule has 0 aromatic carbocycles. The molecular formula is C13H24N2O3. The second-order valence-electron chi connectivity index (χ2n) is 6.02. The molecular weight excluding hydrogens is 232 g/mol. The minimum atomic E-state index is -0.767. The number of rotatable bonds is 3. The maximum atomic E-state index is 12.0. The van der Waals surface area contributed by atoms with Gasteiger partial charge in [-0.2, -0.15) is 0 Å². The minimum Gasteiger partial charge on any atom is -0.481 e. The predicted octanol–water partition coefficient (Wildman–Crippen LogP) is 2.07. The van der Waals surface area contributed by atoms with Crippen LogP contribution < -0.4 is 5.32 Å². The van der Waals surface area contributed by atoms with Gasteiger partial charge in [-0.15, -0.1) is 0 Å². The maximum Gasteiger partial charge on any atom is 0.317 e. The van der Waals surface area contributed by atoms with Crippen molar-refractivity contribution in [3.8, 4) is 0 Å². The number of carboxylic acid groups (broad SMARTS) is 1. The maximum absolute atomic E-state index is 12.0. The van der Waals surface area contributed by atoms with Crippen LogP contribution in [0.4, 0.5) is 4.79 Å². The molecule has 1 aliphatic heterocycles. The Labute approximate surface area is 109 Å². The lowest BCUT2D eigenvalue weighted by Crippen LogP contribution is -2.53. The molecule has 0 spiro atoms. The average Bonchev–Trinajstić information content (AvgIpc) is 2.29. The van der Waals surface area contributed by atoms with Crippen LogP contribution in [0.3, 0.4) is 0 Å². The molecule has 1 rings (SSSR count). The Bertz CT molecular complexity index is 331. The largest absolute Gasteiger partial charge is 0.481 e. The number of carbonyl (C=O) groups excluding carboxylic acids is 1. The fourth-order valence-electron chi connectivity index (χ4n) is 1.87. The number of carboxylic acids is 1. The molecule has 1 aliphatic rings. The molecule has 5 heteroatoms. The summed E-state index contributed by atoms with van der Waals surface area (Å²) in [5.74, 6) is -0.767. The molecule has 1 saturated heterocycles. The number of hydrogen-bond acceptors (Lipinski definition) is 2. The fourth-order valence-corrected chi connectivity index (χ4v) is 1.87. The van der Waals surface area contributed by atoms with Gasteiger partial charge in [0.05, 0.1) is 5.41 Å². The topological polar surface area (TPSA) is 69.6 Å². The number of piperidine rings is 1. The van der Waals surface area contributed by atoms with Gasteiger partial charge in [0, 0.05) is 18.6 Å². The van der Waals surface area contributed by atoms with Crippen molar-refractivity contribution in [1.82, 2.24) is 10.2 Å². The summed E-state index contributed by atoms with van der Waals surface area (Å²) in [7, 11) is 0. The Kier molecular flexibility index (Phi) is 4.24. The van der Waals surface area contributed by atoms with Gasteiger partial charge < -0.3 is 15.3 Å². The van der Waals surface area contributed by atoms with E-state index in [0.717, 1.165) is 6.42 Å². The number of urea groups is 1. The molecule has 104 valence electrons. The highest BCUT2D eigenvalue weighted by Crippen LogP contribution is 2.31. The van der Waals surface area contributed by atoms with Crippen molar-refractivity contribution in [3.63, 3.8) is 0 Å². The third kappa shape index (κ3) is 3.37. The summed E-state index contributed by atoms with van der Waals surface area (Å²) in [6.07, 6.45) is 1.89. The van der Waals surface area contributed by atoms with Crippen molar-refractivity contribution in [2.75, 3.05) is 13.1 Å². The first-order valence-electron chi connectivity index (χ1n) is 6.51. The third-order valence-electron chi connectivity index (χ3n) is 4.00. The zero-order valence-electron chi connectivity index (χ0n) is 11.7. The van der Waals surface area contributed by atoms with Crippen LogP contribution in [0.5, 0.6) is 0 Å². The summed E-state index contributed by atoms with van der Waals surface area (Å²) in [5.41, 5.74) is -0.901. The first kappa shape index (κ1) is 14.8. The molecule has 2 amide bonds. The van der Waals surface area contributed by atoms with Crippen LogP contribution in [-0.2, 0) is 4.79 Å². The Morgan fingerprint density at radius 1 is 1.33 bits per heavy atom. The van der Waals surface area contributed by atoms with E-state index < -0.39 is 11.4 Å². The molecule has 0 unspecified atom stereocenters. The van der Waals surface area contributed by atoms with Gasteiger partial charge in [0.25, 0.3) is 0 Å². The summed E-state index contributed by atoms with van der Waals surface area (Å²) in [6, 6.07) is -0.0886. The first-order chi connectivity index (χ1) is 8.20. The van der Waals surface area contributed by atoms with E-state index in [2.05, 4.69) is 5.32 Å². The highest BCUT2D eigenvalue weighted by molar-refractivity contribution is 5.77. The molecule has 1 fully saturated rings. The zero-order chi connectivity index (χ0) is 14.0. The molecule has 1 heterocycles. The Balaban J connectivity index is 2.53. The summed E-state index contributed by atoms with van der Waals surface area (Å²) in [6.45, 7) is 8.76. The van der Waals surface area contributed by atoms with Crippen molar-refractivity contribution < 1.29 is 14.7 Å².